The molecule has 0 atom stereocenters. The first kappa shape index (κ1) is 19.1. The highest BCUT2D eigenvalue weighted by molar-refractivity contribution is 5.87. The van der Waals surface area contributed by atoms with Crippen molar-refractivity contribution < 1.29 is 14.0 Å². The first-order chi connectivity index (χ1) is 13.5. The van der Waals surface area contributed by atoms with Crippen molar-refractivity contribution in [2.24, 2.45) is 0 Å². The Labute approximate surface area is 164 Å². The molecule has 0 aliphatic carbocycles. The number of nitrogens with one attached hydrogen (secondary N) is 1. The molecule has 0 aliphatic heterocycles. The number of hydrogen-bond acceptors (Lipinski definition) is 5. The van der Waals surface area contributed by atoms with Crippen LogP contribution in [0.3, 0.4) is 0 Å². The molecule has 2 aromatic carbocycles. The largest absolute Gasteiger partial charge is 0.424 e. The first-order valence-electron chi connectivity index (χ1n) is 8.72. The first-order valence-corrected chi connectivity index (χ1v) is 8.72. The third kappa shape index (κ3) is 5.16. The standard InChI is InChI=1S/C20H22N6O2/c1-25(2)20(26(3)4)23-17-21-18(27-15-11-7-5-8-12-15)24-19(22-17)28-16-13-9-6-10-14-16/h5-14H,1-4H3/p+1. The van der Waals surface area contributed by atoms with Gasteiger partial charge < -0.3 is 9.47 Å². The second-order valence-corrected chi connectivity index (χ2v) is 6.29. The fraction of sp³-hybridized carbons (Fsp3) is 0.200. The van der Waals surface area contributed by atoms with Gasteiger partial charge in [-0.15, -0.1) is 15.0 Å². The van der Waals surface area contributed by atoms with Crippen molar-refractivity contribution in [1.29, 1.82) is 0 Å². The molecule has 1 N–H and O–H groups in total. The summed E-state index contributed by atoms with van der Waals surface area (Å²) in [6.45, 7) is 0. The molecular formula is C20H23N6O2+. The number of benzene rings is 2. The Hall–Kier alpha value is -3.68. The van der Waals surface area contributed by atoms with Crippen molar-refractivity contribution in [2.45, 2.75) is 0 Å². The molecule has 3 rings (SSSR count). The van der Waals surface area contributed by atoms with Gasteiger partial charge in [0, 0.05) is 0 Å². The highest BCUT2D eigenvalue weighted by atomic mass is 16.5. The molecule has 0 amide bonds. The number of ether oxygens (including phenoxy) is 2. The summed E-state index contributed by atoms with van der Waals surface area (Å²) in [5.74, 6) is 2.34. The third-order valence-electron chi connectivity index (χ3n) is 3.57. The number of aromatic nitrogens is 3. The zero-order chi connectivity index (χ0) is 19.9. The summed E-state index contributed by atoms with van der Waals surface area (Å²) in [4.78, 5) is 14.9. The number of hydrogen-bond donors (Lipinski definition) is 1. The lowest BCUT2D eigenvalue weighted by atomic mass is 10.3. The van der Waals surface area contributed by atoms with Crippen molar-refractivity contribution in [3.8, 4) is 23.5 Å². The van der Waals surface area contributed by atoms with E-state index in [1.54, 1.807) is 0 Å². The van der Waals surface area contributed by atoms with Crippen molar-refractivity contribution in [3.63, 3.8) is 0 Å². The number of guanidine groups is 1. The molecule has 8 nitrogen and oxygen atoms in total. The molecule has 0 aliphatic rings. The minimum absolute atomic E-state index is 0.131. The van der Waals surface area contributed by atoms with Gasteiger partial charge in [-0.2, -0.15) is 0 Å². The SMILES string of the molecule is CN(C)C(Nc1nc(Oc2ccccc2)nc(Oc2ccccc2)n1)=[N+](C)C. The summed E-state index contributed by atoms with van der Waals surface area (Å²) in [5, 5.41) is 3.18. The maximum absolute atomic E-state index is 5.78. The van der Waals surface area contributed by atoms with E-state index in [1.807, 2.05) is 98.3 Å². The molecule has 0 radical (unpaired) electrons. The Balaban J connectivity index is 1.94. The molecule has 0 spiro atoms. The van der Waals surface area contributed by atoms with Crippen LogP contribution in [0.4, 0.5) is 5.95 Å². The maximum Gasteiger partial charge on any atom is 0.354 e. The zero-order valence-corrected chi connectivity index (χ0v) is 16.3. The second kappa shape index (κ2) is 8.81. The van der Waals surface area contributed by atoms with Crippen molar-refractivity contribution in [3.05, 3.63) is 60.7 Å². The molecule has 0 bridgehead atoms. The Morgan fingerprint density at radius 3 is 1.64 bits per heavy atom. The van der Waals surface area contributed by atoms with Crippen LogP contribution in [0.2, 0.25) is 0 Å². The van der Waals surface area contributed by atoms with E-state index in [0.717, 1.165) is 5.96 Å². The van der Waals surface area contributed by atoms with Crippen LogP contribution in [0.15, 0.2) is 60.7 Å². The van der Waals surface area contributed by atoms with E-state index in [2.05, 4.69) is 20.3 Å². The number of anilines is 1. The fourth-order valence-electron chi connectivity index (χ4n) is 2.40. The Morgan fingerprint density at radius 1 is 0.786 bits per heavy atom. The van der Waals surface area contributed by atoms with Crippen LogP contribution in [0.1, 0.15) is 0 Å². The van der Waals surface area contributed by atoms with Crippen LogP contribution >= 0.6 is 0 Å². The minimum Gasteiger partial charge on any atom is -0.424 e. The third-order valence-corrected chi connectivity index (χ3v) is 3.57. The molecule has 0 unspecified atom stereocenters. The van der Waals surface area contributed by atoms with Crippen molar-refractivity contribution in [1.82, 2.24) is 19.9 Å². The average molecular weight is 379 g/mol. The second-order valence-electron chi connectivity index (χ2n) is 6.29. The highest BCUT2D eigenvalue weighted by Crippen LogP contribution is 2.23. The quantitative estimate of drug-likeness (QED) is 0.415. The van der Waals surface area contributed by atoms with E-state index in [-0.39, 0.29) is 12.0 Å². The molecular weight excluding hydrogens is 356 g/mol. The number of nitrogens with zero attached hydrogens (tertiary/aromatic N) is 5. The van der Waals surface area contributed by atoms with Gasteiger partial charge >= 0.3 is 23.9 Å². The maximum atomic E-state index is 5.78. The smallest absolute Gasteiger partial charge is 0.354 e. The van der Waals surface area contributed by atoms with E-state index in [9.17, 15) is 0 Å². The van der Waals surface area contributed by atoms with Gasteiger partial charge in [-0.05, 0) is 24.3 Å². The van der Waals surface area contributed by atoms with Crippen LogP contribution in [0, 0.1) is 0 Å². The van der Waals surface area contributed by atoms with Gasteiger partial charge in [-0.3, -0.25) is 9.48 Å². The van der Waals surface area contributed by atoms with Crippen molar-refractivity contribution in [2.75, 3.05) is 33.5 Å². The Bertz CT molecular complexity index is 882. The van der Waals surface area contributed by atoms with Crippen LogP contribution in [0.25, 0.3) is 0 Å². The van der Waals surface area contributed by atoms with Gasteiger partial charge in [0.25, 0.3) is 0 Å². The normalized spacial score (nSPS) is 10.1. The highest BCUT2D eigenvalue weighted by Gasteiger charge is 2.18. The topological polar surface area (TPSA) is 75.4 Å². The molecule has 28 heavy (non-hydrogen) atoms. The van der Waals surface area contributed by atoms with Gasteiger partial charge in [0.2, 0.25) is 0 Å². The molecule has 8 heteroatoms. The fourth-order valence-corrected chi connectivity index (χ4v) is 2.40. The Morgan fingerprint density at radius 2 is 1.25 bits per heavy atom. The van der Waals surface area contributed by atoms with E-state index >= 15 is 0 Å². The van der Waals surface area contributed by atoms with Gasteiger partial charge in [0.05, 0.1) is 28.2 Å². The zero-order valence-electron chi connectivity index (χ0n) is 16.3. The van der Waals surface area contributed by atoms with E-state index in [4.69, 9.17) is 9.47 Å². The van der Waals surface area contributed by atoms with Crippen LogP contribution < -0.4 is 14.8 Å². The average Bonchev–Trinajstić information content (AvgIpc) is 2.67. The van der Waals surface area contributed by atoms with Crippen LogP contribution in [-0.2, 0) is 0 Å². The van der Waals surface area contributed by atoms with E-state index < -0.39 is 0 Å². The van der Waals surface area contributed by atoms with E-state index in [0.29, 0.717) is 17.4 Å². The molecule has 1 heterocycles. The van der Waals surface area contributed by atoms with Gasteiger partial charge in [-0.25, -0.2) is 5.32 Å². The minimum atomic E-state index is 0.131. The lowest BCUT2D eigenvalue weighted by Gasteiger charge is -2.13. The lowest BCUT2D eigenvalue weighted by molar-refractivity contribution is -0.469. The summed E-state index contributed by atoms with van der Waals surface area (Å²) in [6.07, 6.45) is 0. The predicted molar refractivity (Wildman–Crippen MR) is 107 cm³/mol. The van der Waals surface area contributed by atoms with E-state index in [1.165, 1.54) is 0 Å². The molecule has 0 saturated heterocycles. The number of rotatable bonds is 5. The number of para-hydroxylation sites is 2. The summed E-state index contributed by atoms with van der Waals surface area (Å²) >= 11 is 0. The summed E-state index contributed by atoms with van der Waals surface area (Å²) in [7, 11) is 7.69. The van der Waals surface area contributed by atoms with Gasteiger partial charge in [0.15, 0.2) is 0 Å². The van der Waals surface area contributed by atoms with Crippen molar-refractivity contribution >= 4 is 11.9 Å². The molecule has 0 saturated carbocycles. The van der Waals surface area contributed by atoms with Crippen LogP contribution in [-0.4, -0.2) is 58.6 Å². The summed E-state index contributed by atoms with van der Waals surface area (Å²) < 4.78 is 13.5. The molecule has 144 valence electrons. The summed E-state index contributed by atoms with van der Waals surface area (Å²) in [6, 6.07) is 18.9. The van der Waals surface area contributed by atoms with Gasteiger partial charge in [-0.1, -0.05) is 36.4 Å². The predicted octanol–water partition coefficient (Wildman–Crippen LogP) is 3.06. The van der Waals surface area contributed by atoms with Gasteiger partial charge in [0.1, 0.15) is 11.5 Å². The Kier molecular flexibility index (Phi) is 6.01. The molecule has 0 fully saturated rings. The summed E-state index contributed by atoms with van der Waals surface area (Å²) in [5.41, 5.74) is 0. The lowest BCUT2D eigenvalue weighted by Crippen LogP contribution is -2.36. The molecule has 1 aromatic heterocycles. The van der Waals surface area contributed by atoms with Crippen LogP contribution in [0.5, 0.6) is 23.5 Å². The monoisotopic (exact) mass is 379 g/mol. The molecule has 3 aromatic rings.